The van der Waals surface area contributed by atoms with Gasteiger partial charge in [-0.2, -0.15) is 0 Å². The lowest BCUT2D eigenvalue weighted by Gasteiger charge is -2.30. The van der Waals surface area contributed by atoms with Gasteiger partial charge in [-0.1, -0.05) is 39.0 Å². The molecule has 0 bridgehead atoms. The van der Waals surface area contributed by atoms with E-state index in [4.69, 9.17) is 12.6 Å². The van der Waals surface area contributed by atoms with Gasteiger partial charge >= 0.3 is 0 Å². The van der Waals surface area contributed by atoms with Crippen LogP contribution >= 0.6 is 0 Å². The minimum atomic E-state index is 0.0793. The van der Waals surface area contributed by atoms with E-state index in [1.165, 1.54) is 38.5 Å². The largest absolute Gasteiger partial charge is 0.757 e. The monoisotopic (exact) mass is 244 g/mol. The minimum Gasteiger partial charge on any atom is -0.757 e. The second-order valence-electron chi connectivity index (χ2n) is 4.73. The van der Waals surface area contributed by atoms with Crippen LogP contribution in [0.2, 0.25) is 0 Å². The Labute approximate surface area is 106 Å². The lowest BCUT2D eigenvalue weighted by Crippen LogP contribution is -2.37. The van der Waals surface area contributed by atoms with E-state index in [1.54, 1.807) is 0 Å². The zero-order valence-corrected chi connectivity index (χ0v) is 11.7. The third-order valence-electron chi connectivity index (χ3n) is 3.43. The van der Waals surface area contributed by atoms with Gasteiger partial charge in [-0.05, 0) is 25.4 Å². The van der Waals surface area contributed by atoms with Crippen molar-refractivity contribution in [3.8, 4) is 0 Å². The van der Waals surface area contributed by atoms with Crippen molar-refractivity contribution in [1.29, 1.82) is 0 Å². The molecule has 1 aliphatic heterocycles. The van der Waals surface area contributed by atoms with Crippen LogP contribution < -0.4 is 5.43 Å². The van der Waals surface area contributed by atoms with Gasteiger partial charge in [0.1, 0.15) is 0 Å². The van der Waals surface area contributed by atoms with Crippen LogP contribution in [0.15, 0.2) is 0 Å². The molecule has 0 amide bonds. The Bertz CT molecular complexity index is 189. The van der Waals surface area contributed by atoms with Gasteiger partial charge in [0.2, 0.25) is 0 Å². The lowest BCUT2D eigenvalue weighted by atomic mass is 10.1. The number of nitrogens with one attached hydrogen (secondary N) is 1. The molecule has 0 aromatic heterocycles. The summed E-state index contributed by atoms with van der Waals surface area (Å²) in [5.74, 6) is 0. The molecule has 0 aromatic rings. The highest BCUT2D eigenvalue weighted by Crippen LogP contribution is 2.15. The molecule has 2 unspecified atom stereocenters. The summed E-state index contributed by atoms with van der Waals surface area (Å²) in [4.78, 5) is 2.36. The second kappa shape index (κ2) is 7.54. The molecule has 96 valence electrons. The topological polar surface area (TPSA) is 18.5 Å². The van der Waals surface area contributed by atoms with Gasteiger partial charge in [0.05, 0.1) is 6.17 Å². The zero-order valence-electron chi connectivity index (χ0n) is 10.9. The van der Waals surface area contributed by atoms with Gasteiger partial charge in [-0.3, -0.25) is 10.3 Å². The van der Waals surface area contributed by atoms with E-state index >= 15 is 0 Å². The summed E-state index contributed by atoms with van der Waals surface area (Å²) in [7, 11) is 2.06. The van der Waals surface area contributed by atoms with Crippen molar-refractivity contribution in [3.05, 3.63) is 0 Å². The quantitative estimate of drug-likeness (QED) is 0.547. The molecule has 3 nitrogen and oxygen atoms in total. The maximum atomic E-state index is 5.37. The van der Waals surface area contributed by atoms with Crippen molar-refractivity contribution >= 4 is 12.6 Å². The van der Waals surface area contributed by atoms with Crippen LogP contribution in [-0.4, -0.2) is 35.2 Å². The smallest absolute Gasteiger partial charge is 0.0722 e. The van der Waals surface area contributed by atoms with Crippen LogP contribution in [0.5, 0.6) is 0 Å². The van der Waals surface area contributed by atoms with E-state index < -0.39 is 0 Å². The first kappa shape index (κ1) is 14.3. The third-order valence-corrected chi connectivity index (χ3v) is 3.80. The van der Waals surface area contributed by atoms with Crippen LogP contribution in [0.4, 0.5) is 0 Å². The number of hydrogen-bond acceptors (Lipinski definition) is 4. The van der Waals surface area contributed by atoms with E-state index in [9.17, 15) is 0 Å². The van der Waals surface area contributed by atoms with Crippen molar-refractivity contribution in [2.24, 2.45) is 0 Å². The molecule has 1 heterocycles. The van der Waals surface area contributed by atoms with Crippen molar-refractivity contribution in [3.63, 3.8) is 0 Å². The molecule has 1 rings (SSSR count). The molecule has 0 aliphatic carbocycles. The molecule has 4 heteroatoms. The van der Waals surface area contributed by atoms with E-state index in [-0.39, 0.29) is 5.50 Å². The molecule has 0 radical (unpaired) electrons. The fourth-order valence-electron chi connectivity index (χ4n) is 2.15. The summed E-state index contributed by atoms with van der Waals surface area (Å²) in [6.45, 7) is 5.59. The van der Waals surface area contributed by atoms with E-state index in [1.807, 2.05) is 0 Å². The van der Waals surface area contributed by atoms with Gasteiger partial charge in [-0.15, -0.1) is 0 Å². The van der Waals surface area contributed by atoms with Crippen LogP contribution in [-0.2, 0) is 12.6 Å². The number of unbranched alkanes of at least 4 members (excludes halogenated alkanes) is 5. The summed E-state index contributed by atoms with van der Waals surface area (Å²) in [6.07, 6.45) is 8.52. The van der Waals surface area contributed by atoms with Crippen molar-refractivity contribution in [2.75, 3.05) is 13.6 Å². The number of hydrogen-bond donors (Lipinski definition) is 1. The van der Waals surface area contributed by atoms with Gasteiger partial charge in [0, 0.05) is 7.05 Å². The first-order valence-electron chi connectivity index (χ1n) is 6.57. The summed E-state index contributed by atoms with van der Waals surface area (Å²) in [6, 6.07) is 0. The Morgan fingerprint density at radius 3 is 2.31 bits per heavy atom. The molecular weight excluding hydrogens is 218 g/mol. The maximum Gasteiger partial charge on any atom is 0.0722 e. The Balaban J connectivity index is 2.08. The highest BCUT2D eigenvalue weighted by molar-refractivity contribution is 7.59. The van der Waals surface area contributed by atoms with E-state index in [0.717, 1.165) is 6.54 Å². The Hall–Kier alpha value is 0.230. The van der Waals surface area contributed by atoms with Crippen LogP contribution in [0.25, 0.3) is 0 Å². The maximum absolute atomic E-state index is 5.37. The summed E-state index contributed by atoms with van der Waals surface area (Å²) >= 11 is 5.37. The average Bonchev–Trinajstić information content (AvgIpc) is 2.49. The summed E-state index contributed by atoms with van der Waals surface area (Å²) < 4.78 is 0. The van der Waals surface area contributed by atoms with Crippen molar-refractivity contribution < 1.29 is 0 Å². The molecule has 2 atom stereocenters. The van der Waals surface area contributed by atoms with E-state index in [0.29, 0.717) is 6.17 Å². The number of rotatable bonds is 7. The molecule has 0 spiro atoms. The van der Waals surface area contributed by atoms with Crippen LogP contribution in [0.3, 0.4) is 0 Å². The van der Waals surface area contributed by atoms with Gasteiger partial charge in [-0.25, -0.2) is 5.01 Å². The normalized spacial score (nSPS) is 27.8. The van der Waals surface area contributed by atoms with Crippen LogP contribution in [0, 0.1) is 0 Å². The van der Waals surface area contributed by atoms with Crippen molar-refractivity contribution in [1.82, 2.24) is 15.3 Å². The molecule has 1 fully saturated rings. The van der Waals surface area contributed by atoms with Gasteiger partial charge < -0.3 is 12.6 Å². The second-order valence-corrected chi connectivity index (χ2v) is 5.18. The zero-order chi connectivity index (χ0) is 12.0. The first-order valence-corrected chi connectivity index (χ1v) is 7.04. The molecule has 0 aromatic carbocycles. The van der Waals surface area contributed by atoms with Gasteiger partial charge in [0.15, 0.2) is 0 Å². The predicted octanol–water partition coefficient (Wildman–Crippen LogP) is 2.28. The molecule has 1 saturated heterocycles. The molecule has 0 saturated carbocycles. The number of nitrogens with zero attached hydrogens (tertiary/aromatic N) is 2. The lowest BCUT2D eigenvalue weighted by molar-refractivity contribution is 0.158. The fourth-order valence-corrected chi connectivity index (χ4v) is 2.60. The molecular formula is C12H26N3S-. The fraction of sp³-hybridized carbons (Fsp3) is 1.00. The van der Waals surface area contributed by atoms with Crippen molar-refractivity contribution in [2.45, 2.75) is 64.0 Å². The molecule has 1 aliphatic rings. The summed E-state index contributed by atoms with van der Waals surface area (Å²) in [5.41, 5.74) is 3.33. The average molecular weight is 244 g/mol. The Kier molecular flexibility index (Phi) is 6.73. The van der Waals surface area contributed by atoms with Gasteiger partial charge in [0.25, 0.3) is 0 Å². The third kappa shape index (κ3) is 4.24. The highest BCUT2D eigenvalue weighted by Gasteiger charge is 2.25. The molecule has 1 N–H and O–H groups in total. The standard InChI is InChI=1S/C12H27N3S/c1-4-5-6-7-8-9-10-15-11(2)14(3)13-12(15)16/h11-13,16H,4-10H2,1-3H3/p-1. The summed E-state index contributed by atoms with van der Waals surface area (Å²) in [5, 5.41) is 2.11. The minimum absolute atomic E-state index is 0.0793. The highest BCUT2D eigenvalue weighted by atomic mass is 32.1. The first-order chi connectivity index (χ1) is 7.66. The predicted molar refractivity (Wildman–Crippen MR) is 71.6 cm³/mol. The Morgan fingerprint density at radius 1 is 1.12 bits per heavy atom. The Morgan fingerprint density at radius 2 is 1.75 bits per heavy atom. The SMILES string of the molecule is CCCCCCCCN1C([S-])NN(C)C1C. The molecule has 16 heavy (non-hydrogen) atoms. The van der Waals surface area contributed by atoms with Crippen LogP contribution in [0.1, 0.15) is 52.4 Å². The van der Waals surface area contributed by atoms with E-state index in [2.05, 4.69) is 36.2 Å². The number of hydrazine groups is 1.